The molecule has 0 aliphatic heterocycles. The molecule has 1 N–H and O–H groups in total. The maximum absolute atomic E-state index is 13.7. The Hall–Kier alpha value is -1.20. The van der Waals surface area contributed by atoms with Crippen LogP contribution in [0.4, 0.5) is 4.39 Å². The van der Waals surface area contributed by atoms with Crippen LogP contribution < -0.4 is 5.32 Å². The molecule has 0 aliphatic rings. The highest BCUT2D eigenvalue weighted by Gasteiger charge is 2.12. The van der Waals surface area contributed by atoms with Crippen molar-refractivity contribution in [1.82, 2.24) is 5.32 Å². The van der Waals surface area contributed by atoms with Gasteiger partial charge in [0.2, 0.25) is 0 Å². The minimum absolute atomic E-state index is 0.0885. The van der Waals surface area contributed by atoms with Crippen molar-refractivity contribution in [3.8, 4) is 0 Å². The third-order valence-electron chi connectivity index (χ3n) is 2.49. The lowest BCUT2D eigenvalue weighted by atomic mass is 10.1. The van der Waals surface area contributed by atoms with E-state index in [-0.39, 0.29) is 11.5 Å². The van der Waals surface area contributed by atoms with E-state index in [2.05, 4.69) is 21.2 Å². The van der Waals surface area contributed by atoms with Gasteiger partial charge in [0.1, 0.15) is 5.82 Å². The Bertz CT molecular complexity index is 582. The standard InChI is InChI=1S/C13H11BrFNOS/c1-8-3-2-4-10(12(8)15)13(17)16-7-9-5-6-11(14)18-9/h2-6H,7H2,1H3,(H,16,17). The highest BCUT2D eigenvalue weighted by Crippen LogP contribution is 2.22. The van der Waals surface area contributed by atoms with Crippen LogP contribution in [0.1, 0.15) is 20.8 Å². The molecule has 1 heterocycles. The fraction of sp³-hybridized carbons (Fsp3) is 0.154. The van der Waals surface area contributed by atoms with E-state index in [1.807, 2.05) is 12.1 Å². The van der Waals surface area contributed by atoms with Crippen LogP contribution >= 0.6 is 27.3 Å². The summed E-state index contributed by atoms with van der Waals surface area (Å²) in [5.74, 6) is -0.844. The van der Waals surface area contributed by atoms with E-state index in [1.54, 1.807) is 30.4 Å². The number of halogens is 2. The van der Waals surface area contributed by atoms with Gasteiger partial charge in [0.25, 0.3) is 5.91 Å². The number of aryl methyl sites for hydroxylation is 1. The van der Waals surface area contributed by atoms with Crippen LogP contribution in [0.25, 0.3) is 0 Å². The zero-order valence-electron chi connectivity index (χ0n) is 9.67. The van der Waals surface area contributed by atoms with Gasteiger partial charge in [-0.15, -0.1) is 11.3 Å². The number of nitrogens with one attached hydrogen (secondary N) is 1. The Morgan fingerprint density at radius 1 is 1.39 bits per heavy atom. The molecule has 1 aromatic heterocycles. The first-order valence-electron chi connectivity index (χ1n) is 5.35. The largest absolute Gasteiger partial charge is 0.347 e. The zero-order chi connectivity index (χ0) is 13.1. The molecule has 0 saturated heterocycles. The van der Waals surface area contributed by atoms with Crippen LogP contribution in [0.3, 0.4) is 0 Å². The van der Waals surface area contributed by atoms with Crippen molar-refractivity contribution in [2.75, 3.05) is 0 Å². The van der Waals surface area contributed by atoms with Gasteiger partial charge in [0.15, 0.2) is 0 Å². The molecule has 94 valence electrons. The Labute approximate surface area is 117 Å². The van der Waals surface area contributed by atoms with Crippen molar-refractivity contribution in [2.45, 2.75) is 13.5 Å². The van der Waals surface area contributed by atoms with Gasteiger partial charge in [-0.05, 0) is 46.6 Å². The minimum atomic E-state index is -0.456. The number of rotatable bonds is 3. The average Bonchev–Trinajstić information content (AvgIpc) is 2.76. The Morgan fingerprint density at radius 2 is 2.17 bits per heavy atom. The van der Waals surface area contributed by atoms with Crippen LogP contribution in [-0.4, -0.2) is 5.91 Å². The first-order valence-corrected chi connectivity index (χ1v) is 6.96. The molecule has 18 heavy (non-hydrogen) atoms. The number of hydrogen-bond acceptors (Lipinski definition) is 2. The van der Waals surface area contributed by atoms with Gasteiger partial charge in [-0.2, -0.15) is 0 Å². The van der Waals surface area contributed by atoms with E-state index in [0.717, 1.165) is 8.66 Å². The maximum Gasteiger partial charge on any atom is 0.254 e. The Morgan fingerprint density at radius 3 is 2.83 bits per heavy atom. The van der Waals surface area contributed by atoms with Crippen LogP contribution in [0.15, 0.2) is 34.1 Å². The molecule has 5 heteroatoms. The number of hydrogen-bond donors (Lipinski definition) is 1. The summed E-state index contributed by atoms with van der Waals surface area (Å²) in [4.78, 5) is 12.9. The number of carbonyl (C=O) groups excluding carboxylic acids is 1. The molecule has 1 amide bonds. The zero-order valence-corrected chi connectivity index (χ0v) is 12.1. The van der Waals surface area contributed by atoms with Crippen molar-refractivity contribution in [3.05, 3.63) is 55.9 Å². The third kappa shape index (κ3) is 2.97. The lowest BCUT2D eigenvalue weighted by Crippen LogP contribution is -2.23. The molecular formula is C13H11BrFNOS. The van der Waals surface area contributed by atoms with Crippen molar-refractivity contribution in [2.24, 2.45) is 0 Å². The van der Waals surface area contributed by atoms with Crippen LogP contribution in [-0.2, 0) is 6.54 Å². The highest BCUT2D eigenvalue weighted by atomic mass is 79.9. The lowest BCUT2D eigenvalue weighted by molar-refractivity contribution is 0.0947. The summed E-state index contributed by atoms with van der Waals surface area (Å²) in [6, 6.07) is 8.64. The van der Waals surface area contributed by atoms with E-state index in [4.69, 9.17) is 0 Å². The molecule has 2 nitrogen and oxygen atoms in total. The summed E-state index contributed by atoms with van der Waals surface area (Å²) in [6.07, 6.45) is 0. The molecule has 0 aliphatic carbocycles. The van der Waals surface area contributed by atoms with Gasteiger partial charge >= 0.3 is 0 Å². The van der Waals surface area contributed by atoms with Crippen molar-refractivity contribution in [1.29, 1.82) is 0 Å². The van der Waals surface area contributed by atoms with E-state index in [9.17, 15) is 9.18 Å². The summed E-state index contributed by atoms with van der Waals surface area (Å²) >= 11 is 4.89. The fourth-order valence-electron chi connectivity index (χ4n) is 1.53. The fourth-order valence-corrected chi connectivity index (χ4v) is 2.96. The molecule has 0 atom stereocenters. The molecule has 1 aromatic carbocycles. The second-order valence-electron chi connectivity index (χ2n) is 3.82. The lowest BCUT2D eigenvalue weighted by Gasteiger charge is -2.06. The number of thiophene rings is 1. The summed E-state index contributed by atoms with van der Waals surface area (Å²) in [5, 5.41) is 2.71. The van der Waals surface area contributed by atoms with Gasteiger partial charge < -0.3 is 5.32 Å². The third-order valence-corrected chi connectivity index (χ3v) is 4.11. The van der Waals surface area contributed by atoms with E-state index >= 15 is 0 Å². The molecule has 2 rings (SSSR count). The van der Waals surface area contributed by atoms with Crippen molar-refractivity contribution in [3.63, 3.8) is 0 Å². The van der Waals surface area contributed by atoms with Gasteiger partial charge in [-0.3, -0.25) is 4.79 Å². The second kappa shape index (κ2) is 5.63. The van der Waals surface area contributed by atoms with Crippen LogP contribution in [0, 0.1) is 12.7 Å². The SMILES string of the molecule is Cc1cccc(C(=O)NCc2ccc(Br)s2)c1F. The average molecular weight is 328 g/mol. The van der Waals surface area contributed by atoms with Gasteiger partial charge in [0, 0.05) is 4.88 Å². The predicted molar refractivity (Wildman–Crippen MR) is 74.3 cm³/mol. The topological polar surface area (TPSA) is 29.1 Å². The molecule has 0 radical (unpaired) electrons. The molecular weight excluding hydrogens is 317 g/mol. The molecule has 0 saturated carbocycles. The molecule has 0 unspecified atom stereocenters. The van der Waals surface area contributed by atoms with Crippen LogP contribution in [0.5, 0.6) is 0 Å². The van der Waals surface area contributed by atoms with Gasteiger partial charge in [-0.1, -0.05) is 12.1 Å². The molecule has 2 aromatic rings. The number of benzene rings is 1. The minimum Gasteiger partial charge on any atom is -0.347 e. The first-order chi connectivity index (χ1) is 8.58. The summed E-state index contributed by atoms with van der Waals surface area (Å²) < 4.78 is 14.7. The summed E-state index contributed by atoms with van der Waals surface area (Å²) in [6.45, 7) is 2.05. The summed E-state index contributed by atoms with van der Waals surface area (Å²) in [7, 11) is 0. The summed E-state index contributed by atoms with van der Waals surface area (Å²) in [5.41, 5.74) is 0.562. The maximum atomic E-state index is 13.7. The smallest absolute Gasteiger partial charge is 0.254 e. The number of amides is 1. The van der Waals surface area contributed by atoms with E-state index in [0.29, 0.717) is 12.1 Å². The predicted octanol–water partition coefficient (Wildman–Crippen LogP) is 3.89. The normalized spacial score (nSPS) is 10.4. The monoisotopic (exact) mass is 327 g/mol. The second-order valence-corrected chi connectivity index (χ2v) is 6.37. The van der Waals surface area contributed by atoms with E-state index < -0.39 is 5.82 Å². The van der Waals surface area contributed by atoms with Crippen molar-refractivity contribution >= 4 is 33.2 Å². The highest BCUT2D eigenvalue weighted by molar-refractivity contribution is 9.11. The molecule has 0 fully saturated rings. The van der Waals surface area contributed by atoms with Crippen LogP contribution in [0.2, 0.25) is 0 Å². The van der Waals surface area contributed by atoms with E-state index in [1.165, 1.54) is 6.07 Å². The Kier molecular flexibility index (Phi) is 4.14. The number of carbonyl (C=O) groups is 1. The van der Waals surface area contributed by atoms with Gasteiger partial charge in [0.05, 0.1) is 15.9 Å². The first kappa shape index (κ1) is 13.2. The Balaban J connectivity index is 2.06. The van der Waals surface area contributed by atoms with Crippen molar-refractivity contribution < 1.29 is 9.18 Å². The molecule has 0 bridgehead atoms. The molecule has 0 spiro atoms. The quantitative estimate of drug-likeness (QED) is 0.910. The van der Waals surface area contributed by atoms with Gasteiger partial charge in [-0.25, -0.2) is 4.39 Å².